The Bertz CT molecular complexity index is 549. The van der Waals surface area contributed by atoms with Gasteiger partial charge in [-0.3, -0.25) is 4.79 Å². The van der Waals surface area contributed by atoms with E-state index in [1.165, 1.54) is 0 Å². The van der Waals surface area contributed by atoms with Crippen molar-refractivity contribution in [3.8, 4) is 11.5 Å². The molecule has 17 heavy (non-hydrogen) atoms. The predicted octanol–water partition coefficient (Wildman–Crippen LogP) is 2.97. The van der Waals surface area contributed by atoms with Gasteiger partial charge in [-0.25, -0.2) is 0 Å². The van der Waals surface area contributed by atoms with E-state index in [4.69, 9.17) is 9.47 Å². The quantitative estimate of drug-likeness (QED) is 0.738. The molecule has 3 nitrogen and oxygen atoms in total. The van der Waals surface area contributed by atoms with Crippen LogP contribution in [0.5, 0.6) is 11.5 Å². The molecule has 2 aromatic carbocycles. The van der Waals surface area contributed by atoms with Gasteiger partial charge in [-0.2, -0.15) is 0 Å². The van der Waals surface area contributed by atoms with Crippen LogP contribution < -0.4 is 9.47 Å². The molecule has 1 unspecified atom stereocenters. The van der Waals surface area contributed by atoms with Crippen LogP contribution in [0.2, 0.25) is 0 Å². The van der Waals surface area contributed by atoms with Crippen LogP contribution in [-0.2, 0) is 0 Å². The standard InChI is InChI=1S/C14H10O3/c15-9-10-6-7-12-13(8-10)17-14(16-12)11-4-2-1-3-5-11/h1-9,14H. The molecule has 1 atom stereocenters. The number of carbonyl (C=O) groups excluding carboxylic acids is 1. The number of carbonyl (C=O) groups is 1. The fraction of sp³-hybridized carbons (Fsp3) is 0.0714. The topological polar surface area (TPSA) is 35.5 Å². The van der Waals surface area contributed by atoms with Crippen molar-refractivity contribution in [2.45, 2.75) is 6.29 Å². The zero-order valence-electron chi connectivity index (χ0n) is 9.00. The van der Waals surface area contributed by atoms with Gasteiger partial charge in [0.25, 0.3) is 6.29 Å². The maximum absolute atomic E-state index is 10.7. The van der Waals surface area contributed by atoms with E-state index in [1.807, 2.05) is 30.3 Å². The number of aldehydes is 1. The van der Waals surface area contributed by atoms with Crippen LogP contribution in [0, 0.1) is 0 Å². The van der Waals surface area contributed by atoms with Gasteiger partial charge >= 0.3 is 0 Å². The lowest BCUT2D eigenvalue weighted by molar-refractivity contribution is 0.0487. The molecule has 2 aromatic rings. The highest BCUT2D eigenvalue weighted by Crippen LogP contribution is 2.40. The van der Waals surface area contributed by atoms with Crippen LogP contribution in [0.25, 0.3) is 0 Å². The van der Waals surface area contributed by atoms with Crippen LogP contribution in [0.4, 0.5) is 0 Å². The Hall–Kier alpha value is -2.29. The molecule has 3 heteroatoms. The number of ether oxygens (including phenoxy) is 2. The van der Waals surface area contributed by atoms with Crippen molar-refractivity contribution in [2.75, 3.05) is 0 Å². The SMILES string of the molecule is O=Cc1ccc2c(c1)OC(c1ccccc1)O2. The molecule has 0 saturated heterocycles. The fourth-order valence-electron chi connectivity index (χ4n) is 1.79. The first-order valence-corrected chi connectivity index (χ1v) is 5.34. The largest absolute Gasteiger partial charge is 0.447 e. The highest BCUT2D eigenvalue weighted by Gasteiger charge is 2.25. The maximum atomic E-state index is 10.7. The van der Waals surface area contributed by atoms with E-state index in [-0.39, 0.29) is 0 Å². The van der Waals surface area contributed by atoms with Crippen molar-refractivity contribution in [3.63, 3.8) is 0 Å². The van der Waals surface area contributed by atoms with Gasteiger partial charge < -0.3 is 9.47 Å². The van der Waals surface area contributed by atoms with Crippen molar-refractivity contribution in [1.82, 2.24) is 0 Å². The molecule has 0 saturated carbocycles. The monoisotopic (exact) mass is 226 g/mol. The molecule has 0 radical (unpaired) electrons. The average Bonchev–Trinajstić information content (AvgIpc) is 2.82. The Morgan fingerprint density at radius 2 is 1.71 bits per heavy atom. The summed E-state index contributed by atoms with van der Waals surface area (Å²) in [5.41, 5.74) is 1.54. The third-order valence-corrected chi connectivity index (χ3v) is 2.64. The van der Waals surface area contributed by atoms with Gasteiger partial charge in [0.2, 0.25) is 0 Å². The summed E-state index contributed by atoms with van der Waals surface area (Å²) in [6.45, 7) is 0. The molecule has 0 amide bonds. The molecule has 3 rings (SSSR count). The zero-order chi connectivity index (χ0) is 11.7. The highest BCUT2D eigenvalue weighted by molar-refractivity contribution is 5.76. The van der Waals surface area contributed by atoms with E-state index in [0.717, 1.165) is 11.8 Å². The van der Waals surface area contributed by atoms with Gasteiger partial charge in [-0.05, 0) is 18.2 Å². The van der Waals surface area contributed by atoms with E-state index >= 15 is 0 Å². The first kappa shape index (κ1) is 9.90. The van der Waals surface area contributed by atoms with Gasteiger partial charge in [0.05, 0.1) is 0 Å². The Balaban J connectivity index is 1.90. The van der Waals surface area contributed by atoms with Gasteiger partial charge in [-0.1, -0.05) is 30.3 Å². The summed E-state index contributed by atoms with van der Waals surface area (Å²) in [6, 6.07) is 14.8. The minimum absolute atomic E-state index is 0.423. The average molecular weight is 226 g/mol. The molecule has 0 aromatic heterocycles. The van der Waals surface area contributed by atoms with E-state index in [1.54, 1.807) is 18.2 Å². The Morgan fingerprint density at radius 3 is 2.47 bits per heavy atom. The van der Waals surface area contributed by atoms with E-state index in [2.05, 4.69) is 0 Å². The molecule has 1 heterocycles. The maximum Gasteiger partial charge on any atom is 0.267 e. The molecule has 1 aliphatic rings. The smallest absolute Gasteiger partial charge is 0.267 e. The van der Waals surface area contributed by atoms with Crippen LogP contribution in [0.3, 0.4) is 0 Å². The van der Waals surface area contributed by atoms with Crippen LogP contribution in [0.1, 0.15) is 22.2 Å². The number of rotatable bonds is 2. The molecule has 0 fully saturated rings. The molecule has 0 spiro atoms. The summed E-state index contributed by atoms with van der Waals surface area (Å²) in [5, 5.41) is 0. The molecular formula is C14H10O3. The first-order valence-electron chi connectivity index (χ1n) is 5.34. The Kier molecular flexibility index (Phi) is 2.29. The van der Waals surface area contributed by atoms with E-state index in [9.17, 15) is 4.79 Å². The number of hydrogen-bond acceptors (Lipinski definition) is 3. The summed E-state index contributed by atoms with van der Waals surface area (Å²) >= 11 is 0. The minimum Gasteiger partial charge on any atom is -0.447 e. The lowest BCUT2D eigenvalue weighted by atomic mass is 10.2. The fourth-order valence-corrected chi connectivity index (χ4v) is 1.79. The molecule has 0 aliphatic carbocycles. The predicted molar refractivity (Wildman–Crippen MR) is 62.3 cm³/mol. The van der Waals surface area contributed by atoms with Crippen LogP contribution in [0.15, 0.2) is 48.5 Å². The third kappa shape index (κ3) is 1.76. The summed E-state index contributed by atoms with van der Waals surface area (Å²) in [5.74, 6) is 1.29. The second-order valence-electron chi connectivity index (χ2n) is 3.80. The van der Waals surface area contributed by atoms with Crippen molar-refractivity contribution in [1.29, 1.82) is 0 Å². The van der Waals surface area contributed by atoms with Crippen molar-refractivity contribution in [2.24, 2.45) is 0 Å². The number of benzene rings is 2. The highest BCUT2D eigenvalue weighted by atomic mass is 16.7. The summed E-state index contributed by atoms with van der Waals surface area (Å²) < 4.78 is 11.3. The third-order valence-electron chi connectivity index (χ3n) is 2.64. The lowest BCUT2D eigenvalue weighted by Gasteiger charge is -2.09. The zero-order valence-corrected chi connectivity index (χ0v) is 9.00. The molecule has 0 N–H and O–H groups in total. The number of fused-ring (bicyclic) bond motifs is 1. The normalized spacial score (nSPS) is 16.8. The molecular weight excluding hydrogens is 216 g/mol. The molecule has 84 valence electrons. The molecule has 0 bridgehead atoms. The van der Waals surface area contributed by atoms with Gasteiger partial charge in [0, 0.05) is 11.1 Å². The van der Waals surface area contributed by atoms with Crippen molar-refractivity contribution < 1.29 is 14.3 Å². The van der Waals surface area contributed by atoms with Gasteiger partial charge in [0.15, 0.2) is 11.5 Å². The first-order chi connectivity index (χ1) is 8.36. The van der Waals surface area contributed by atoms with Crippen LogP contribution in [-0.4, -0.2) is 6.29 Å². The minimum atomic E-state index is -0.423. The van der Waals surface area contributed by atoms with Gasteiger partial charge in [-0.15, -0.1) is 0 Å². The van der Waals surface area contributed by atoms with Crippen LogP contribution >= 0.6 is 0 Å². The summed E-state index contributed by atoms with van der Waals surface area (Å²) in [6.07, 6.45) is 0.368. The second-order valence-corrected chi connectivity index (χ2v) is 3.80. The van der Waals surface area contributed by atoms with Crippen molar-refractivity contribution >= 4 is 6.29 Å². The Morgan fingerprint density at radius 1 is 0.941 bits per heavy atom. The molecule has 1 aliphatic heterocycles. The Labute approximate surface area is 98.6 Å². The summed E-state index contributed by atoms with van der Waals surface area (Å²) in [7, 11) is 0. The number of hydrogen-bond donors (Lipinski definition) is 0. The lowest BCUT2D eigenvalue weighted by Crippen LogP contribution is -2.07. The summed E-state index contributed by atoms with van der Waals surface area (Å²) in [4.78, 5) is 10.7. The van der Waals surface area contributed by atoms with Crippen molar-refractivity contribution in [3.05, 3.63) is 59.7 Å². The second kappa shape index (κ2) is 3.94. The van der Waals surface area contributed by atoms with E-state index in [0.29, 0.717) is 17.1 Å². The van der Waals surface area contributed by atoms with E-state index < -0.39 is 6.29 Å². The van der Waals surface area contributed by atoms with Gasteiger partial charge in [0.1, 0.15) is 6.29 Å².